The zero-order valence-corrected chi connectivity index (χ0v) is 23.3. The molecule has 0 saturated carbocycles. The molecule has 4 nitrogen and oxygen atoms in total. The normalized spacial score (nSPS) is 18.9. The highest BCUT2D eigenvalue weighted by Gasteiger charge is 2.37. The number of aryl methyl sites for hydroxylation is 1. The lowest BCUT2D eigenvalue weighted by atomic mass is 9.62. The van der Waals surface area contributed by atoms with Crippen LogP contribution in [0.4, 0.5) is 0 Å². The Kier molecular flexibility index (Phi) is 6.72. The number of fused-ring (bicyclic) bond motifs is 1. The van der Waals surface area contributed by atoms with E-state index in [1.165, 1.54) is 40.7 Å². The summed E-state index contributed by atoms with van der Waals surface area (Å²) in [6.45, 7) is 13.1. The summed E-state index contributed by atoms with van der Waals surface area (Å²) in [5, 5.41) is 0. The molecule has 1 saturated heterocycles. The predicted molar refractivity (Wildman–Crippen MR) is 149 cm³/mol. The van der Waals surface area contributed by atoms with Gasteiger partial charge in [0.25, 0.3) is 5.91 Å². The van der Waals surface area contributed by atoms with Gasteiger partial charge in [-0.15, -0.1) is 0 Å². The number of piperidine rings is 1. The smallest absolute Gasteiger partial charge is 0.289 e. The van der Waals surface area contributed by atoms with Crippen LogP contribution in [0.25, 0.3) is 0 Å². The van der Waals surface area contributed by atoms with Gasteiger partial charge in [0.15, 0.2) is 5.76 Å². The van der Waals surface area contributed by atoms with Crippen LogP contribution >= 0.6 is 0 Å². The van der Waals surface area contributed by atoms with Crippen molar-refractivity contribution in [2.75, 3.05) is 20.2 Å². The van der Waals surface area contributed by atoms with Crippen LogP contribution in [0.5, 0.6) is 5.75 Å². The van der Waals surface area contributed by atoms with Crippen LogP contribution < -0.4 is 4.74 Å². The van der Waals surface area contributed by atoms with E-state index in [0.717, 1.165) is 37.4 Å². The molecule has 196 valence electrons. The zero-order valence-electron chi connectivity index (χ0n) is 23.3. The van der Waals surface area contributed by atoms with E-state index in [9.17, 15) is 4.79 Å². The largest absolute Gasteiger partial charge is 0.496 e. The van der Waals surface area contributed by atoms with Gasteiger partial charge in [-0.25, -0.2) is 0 Å². The summed E-state index contributed by atoms with van der Waals surface area (Å²) >= 11 is 0. The van der Waals surface area contributed by atoms with Gasteiger partial charge in [-0.05, 0) is 95.4 Å². The molecule has 0 bridgehead atoms. The third-order valence-corrected chi connectivity index (χ3v) is 8.91. The molecule has 1 amide bonds. The molecular formula is C33H41NO3. The van der Waals surface area contributed by atoms with Crippen LogP contribution in [0.2, 0.25) is 0 Å². The van der Waals surface area contributed by atoms with Gasteiger partial charge in [0.2, 0.25) is 0 Å². The Morgan fingerprint density at radius 1 is 0.973 bits per heavy atom. The fourth-order valence-electron chi connectivity index (χ4n) is 6.29. The maximum absolute atomic E-state index is 13.3. The highest BCUT2D eigenvalue weighted by Crippen LogP contribution is 2.46. The molecule has 37 heavy (non-hydrogen) atoms. The molecule has 2 aliphatic rings. The minimum absolute atomic E-state index is 0.00484. The van der Waals surface area contributed by atoms with Crippen molar-refractivity contribution < 1.29 is 13.9 Å². The predicted octanol–water partition coefficient (Wildman–Crippen LogP) is 7.56. The van der Waals surface area contributed by atoms with Crippen molar-refractivity contribution in [1.82, 2.24) is 4.90 Å². The van der Waals surface area contributed by atoms with Crippen molar-refractivity contribution in [3.8, 4) is 5.75 Å². The Hall–Kier alpha value is -3.01. The third kappa shape index (κ3) is 4.95. The molecule has 1 aliphatic carbocycles. The summed E-state index contributed by atoms with van der Waals surface area (Å²) in [6.07, 6.45) is 4.98. The van der Waals surface area contributed by atoms with E-state index in [1.807, 2.05) is 29.2 Å². The summed E-state index contributed by atoms with van der Waals surface area (Å²) in [4.78, 5) is 15.2. The number of hydrogen-bond acceptors (Lipinski definition) is 3. The molecule has 5 rings (SSSR count). The van der Waals surface area contributed by atoms with E-state index in [1.54, 1.807) is 7.11 Å². The molecule has 0 atom stereocenters. The number of ether oxygens (including phenoxy) is 1. The number of furan rings is 1. The van der Waals surface area contributed by atoms with E-state index in [0.29, 0.717) is 18.1 Å². The molecule has 0 N–H and O–H groups in total. The number of carbonyl (C=O) groups is 1. The molecule has 2 aromatic carbocycles. The number of likely N-dealkylation sites (tertiary alicyclic amines) is 1. The maximum Gasteiger partial charge on any atom is 0.289 e. The highest BCUT2D eigenvalue weighted by molar-refractivity contribution is 5.91. The van der Waals surface area contributed by atoms with Crippen LogP contribution in [-0.2, 0) is 17.3 Å². The van der Waals surface area contributed by atoms with Gasteiger partial charge in [0.05, 0.1) is 7.11 Å². The van der Waals surface area contributed by atoms with Crippen molar-refractivity contribution in [1.29, 1.82) is 0 Å². The summed E-state index contributed by atoms with van der Waals surface area (Å²) in [5.41, 5.74) is 7.15. The quantitative estimate of drug-likeness (QED) is 0.364. The van der Waals surface area contributed by atoms with Crippen molar-refractivity contribution in [2.24, 2.45) is 0 Å². The Morgan fingerprint density at radius 2 is 1.62 bits per heavy atom. The second-order valence-corrected chi connectivity index (χ2v) is 12.3. The zero-order chi connectivity index (χ0) is 26.4. The molecule has 2 heterocycles. The molecule has 1 aromatic heterocycles. The lowest BCUT2D eigenvalue weighted by Gasteiger charge is -2.42. The fraction of sp³-hybridized carbons (Fsp3) is 0.485. The Morgan fingerprint density at radius 3 is 2.30 bits per heavy atom. The van der Waals surface area contributed by atoms with Gasteiger partial charge in [-0.2, -0.15) is 0 Å². The van der Waals surface area contributed by atoms with Gasteiger partial charge >= 0.3 is 0 Å². The van der Waals surface area contributed by atoms with Gasteiger partial charge in [0.1, 0.15) is 11.5 Å². The van der Waals surface area contributed by atoms with E-state index in [-0.39, 0.29) is 16.7 Å². The molecule has 0 unspecified atom stereocenters. The number of nitrogens with zero attached hydrogens (tertiary/aromatic N) is 1. The second kappa shape index (κ2) is 9.70. The number of para-hydroxylation sites is 1. The summed E-state index contributed by atoms with van der Waals surface area (Å²) < 4.78 is 11.7. The summed E-state index contributed by atoms with van der Waals surface area (Å²) in [7, 11) is 1.72. The SMILES string of the molecule is COc1ccccc1C1CCN(C(=O)c2ccc(Cc3cc4c(cc3C)C(C)(C)CCC4(C)C)o2)CC1. The lowest BCUT2D eigenvalue weighted by Crippen LogP contribution is -2.37. The van der Waals surface area contributed by atoms with Crippen LogP contribution in [0, 0.1) is 6.92 Å². The number of methoxy groups -OCH3 is 1. The molecule has 1 aliphatic heterocycles. The number of carbonyl (C=O) groups excluding carboxylic acids is 1. The van der Waals surface area contributed by atoms with Gasteiger partial charge in [-0.3, -0.25) is 4.79 Å². The summed E-state index contributed by atoms with van der Waals surface area (Å²) in [6, 6.07) is 16.8. The van der Waals surface area contributed by atoms with E-state index in [2.05, 4.69) is 58.9 Å². The Labute approximate surface area is 222 Å². The third-order valence-electron chi connectivity index (χ3n) is 8.91. The maximum atomic E-state index is 13.3. The number of amides is 1. The van der Waals surface area contributed by atoms with Gasteiger partial charge in [-0.1, -0.05) is 58.0 Å². The number of benzene rings is 2. The van der Waals surface area contributed by atoms with Gasteiger partial charge < -0.3 is 14.1 Å². The average molecular weight is 500 g/mol. The van der Waals surface area contributed by atoms with Crippen molar-refractivity contribution in [3.63, 3.8) is 0 Å². The highest BCUT2D eigenvalue weighted by atomic mass is 16.5. The van der Waals surface area contributed by atoms with Crippen LogP contribution in [-0.4, -0.2) is 31.0 Å². The minimum atomic E-state index is -0.00484. The van der Waals surface area contributed by atoms with Crippen molar-refractivity contribution in [2.45, 2.75) is 83.5 Å². The molecule has 4 heteroatoms. The fourth-order valence-corrected chi connectivity index (χ4v) is 6.29. The molecule has 0 spiro atoms. The Balaban J connectivity index is 1.28. The summed E-state index contributed by atoms with van der Waals surface area (Å²) in [5.74, 6) is 2.64. The first-order valence-corrected chi connectivity index (χ1v) is 13.7. The molecule has 0 radical (unpaired) electrons. The van der Waals surface area contributed by atoms with Crippen molar-refractivity contribution in [3.05, 3.63) is 87.9 Å². The van der Waals surface area contributed by atoms with E-state index in [4.69, 9.17) is 9.15 Å². The first-order chi connectivity index (χ1) is 17.6. The number of hydrogen-bond donors (Lipinski definition) is 0. The topological polar surface area (TPSA) is 42.7 Å². The second-order valence-electron chi connectivity index (χ2n) is 12.3. The first-order valence-electron chi connectivity index (χ1n) is 13.7. The van der Waals surface area contributed by atoms with Crippen molar-refractivity contribution >= 4 is 5.91 Å². The average Bonchev–Trinajstić information content (AvgIpc) is 3.36. The van der Waals surface area contributed by atoms with Gasteiger partial charge in [0, 0.05) is 19.5 Å². The van der Waals surface area contributed by atoms with Crippen LogP contribution in [0.1, 0.15) is 103 Å². The van der Waals surface area contributed by atoms with E-state index >= 15 is 0 Å². The molecule has 3 aromatic rings. The first kappa shape index (κ1) is 25.6. The van der Waals surface area contributed by atoms with E-state index < -0.39 is 0 Å². The van der Waals surface area contributed by atoms with Crippen LogP contribution in [0.15, 0.2) is 52.9 Å². The minimum Gasteiger partial charge on any atom is -0.496 e. The van der Waals surface area contributed by atoms with Crippen LogP contribution in [0.3, 0.4) is 0 Å². The Bertz CT molecular complexity index is 1290. The monoisotopic (exact) mass is 499 g/mol. The number of rotatable bonds is 5. The molecular weight excluding hydrogens is 458 g/mol. The molecule has 1 fully saturated rings. The lowest BCUT2D eigenvalue weighted by molar-refractivity contribution is 0.0678. The standard InChI is InChI=1S/C33H41NO3/c1-22-19-27-28(33(4,5)16-15-32(27,2)3)21-24(22)20-25-11-12-30(37-25)31(35)34-17-13-23(14-18-34)26-9-7-8-10-29(26)36-6/h7-12,19,21,23H,13-18,20H2,1-6H3.